The first-order chi connectivity index (χ1) is 9.63. The van der Waals surface area contributed by atoms with E-state index in [1.54, 1.807) is 6.07 Å². The van der Waals surface area contributed by atoms with Crippen molar-refractivity contribution in [1.29, 1.82) is 0 Å². The molecule has 0 saturated heterocycles. The van der Waals surface area contributed by atoms with Crippen LogP contribution < -0.4 is 5.32 Å². The molecular weight excluding hydrogens is 389 g/mol. The fourth-order valence-electron chi connectivity index (χ4n) is 1.52. The molecule has 104 valence electrons. The predicted octanol–water partition coefficient (Wildman–Crippen LogP) is 3.08. The third-order valence-electron chi connectivity index (χ3n) is 2.37. The maximum Gasteiger partial charge on any atom is 0.311 e. The summed E-state index contributed by atoms with van der Waals surface area (Å²) in [6, 6.07) is 11.1. The Labute approximate surface area is 134 Å². The van der Waals surface area contributed by atoms with Crippen LogP contribution in [0.5, 0.6) is 0 Å². The summed E-state index contributed by atoms with van der Waals surface area (Å²) in [5.74, 6) is -0.739. The largest absolute Gasteiger partial charge is 0.455 e. The van der Waals surface area contributed by atoms with Crippen LogP contribution in [0.4, 0.5) is 5.69 Å². The lowest BCUT2D eigenvalue weighted by atomic mass is 10.3. The molecule has 4 nitrogen and oxygen atoms in total. The predicted molar refractivity (Wildman–Crippen MR) is 86.8 cm³/mol. The van der Waals surface area contributed by atoms with Crippen LogP contribution in [0.2, 0.25) is 0 Å². The molecule has 1 amide bonds. The Balaban J connectivity index is 1.76. The van der Waals surface area contributed by atoms with Crippen LogP contribution in [0.25, 0.3) is 0 Å². The number of benzene rings is 1. The van der Waals surface area contributed by atoms with E-state index in [0.717, 1.165) is 8.45 Å². The zero-order valence-electron chi connectivity index (χ0n) is 10.5. The molecule has 0 aliphatic carbocycles. The molecule has 2 rings (SSSR count). The Morgan fingerprint density at radius 2 is 2.10 bits per heavy atom. The van der Waals surface area contributed by atoms with Crippen molar-refractivity contribution in [1.82, 2.24) is 0 Å². The van der Waals surface area contributed by atoms with Crippen molar-refractivity contribution in [3.8, 4) is 0 Å². The van der Waals surface area contributed by atoms with Gasteiger partial charge in [0, 0.05) is 14.1 Å². The van der Waals surface area contributed by atoms with Gasteiger partial charge in [0.05, 0.1) is 6.42 Å². The summed E-state index contributed by atoms with van der Waals surface area (Å²) >= 11 is 3.65. The molecular formula is C14H12INO3S. The van der Waals surface area contributed by atoms with E-state index < -0.39 is 5.97 Å². The molecule has 0 radical (unpaired) electrons. The van der Waals surface area contributed by atoms with Gasteiger partial charge in [0.15, 0.2) is 6.61 Å². The molecule has 6 heteroatoms. The fraction of sp³-hybridized carbons (Fsp3) is 0.143. The smallest absolute Gasteiger partial charge is 0.311 e. The van der Waals surface area contributed by atoms with Crippen LogP contribution in [0.3, 0.4) is 0 Å². The summed E-state index contributed by atoms with van der Waals surface area (Å²) in [4.78, 5) is 24.1. The Morgan fingerprint density at radius 1 is 1.25 bits per heavy atom. The molecule has 0 aliphatic heterocycles. The van der Waals surface area contributed by atoms with E-state index in [4.69, 9.17) is 4.74 Å². The molecule has 2 aromatic rings. The molecule has 0 unspecified atom stereocenters. The summed E-state index contributed by atoms with van der Waals surface area (Å²) in [6.07, 6.45) is 0.203. The normalized spacial score (nSPS) is 10.1. The van der Waals surface area contributed by atoms with Crippen LogP contribution >= 0.6 is 33.9 Å². The maximum absolute atomic E-state index is 11.6. The molecule has 0 atom stereocenters. The van der Waals surface area contributed by atoms with Gasteiger partial charge in [-0.05, 0) is 52.2 Å². The molecule has 0 saturated carbocycles. The van der Waals surface area contributed by atoms with Crippen molar-refractivity contribution < 1.29 is 14.3 Å². The molecule has 1 aromatic carbocycles. The lowest BCUT2D eigenvalue weighted by molar-refractivity contribution is -0.146. The number of esters is 1. The van der Waals surface area contributed by atoms with Gasteiger partial charge in [0.25, 0.3) is 5.91 Å². The van der Waals surface area contributed by atoms with E-state index in [2.05, 4.69) is 27.9 Å². The highest BCUT2D eigenvalue weighted by Crippen LogP contribution is 2.12. The number of halogens is 1. The summed E-state index contributed by atoms with van der Waals surface area (Å²) in [5, 5.41) is 4.57. The van der Waals surface area contributed by atoms with Gasteiger partial charge in [-0.15, -0.1) is 11.3 Å². The van der Waals surface area contributed by atoms with Gasteiger partial charge in [-0.1, -0.05) is 12.1 Å². The van der Waals surface area contributed by atoms with E-state index >= 15 is 0 Å². The number of anilines is 1. The quantitative estimate of drug-likeness (QED) is 0.619. The minimum atomic E-state index is -0.398. The van der Waals surface area contributed by atoms with Crippen LogP contribution in [-0.2, 0) is 20.7 Å². The first-order valence-electron chi connectivity index (χ1n) is 5.87. The van der Waals surface area contributed by atoms with Crippen LogP contribution in [0.15, 0.2) is 41.8 Å². The molecule has 0 fully saturated rings. The molecule has 0 bridgehead atoms. The van der Waals surface area contributed by atoms with E-state index in [9.17, 15) is 9.59 Å². The van der Waals surface area contributed by atoms with Gasteiger partial charge in [0.1, 0.15) is 0 Å². The zero-order valence-corrected chi connectivity index (χ0v) is 13.4. The zero-order chi connectivity index (χ0) is 14.4. The van der Waals surface area contributed by atoms with E-state index in [1.807, 2.05) is 35.7 Å². The second-order valence-electron chi connectivity index (χ2n) is 3.98. The van der Waals surface area contributed by atoms with Gasteiger partial charge in [-0.3, -0.25) is 9.59 Å². The first-order valence-corrected chi connectivity index (χ1v) is 7.83. The van der Waals surface area contributed by atoms with Crippen molar-refractivity contribution in [2.75, 3.05) is 11.9 Å². The van der Waals surface area contributed by atoms with E-state index in [-0.39, 0.29) is 18.9 Å². The monoisotopic (exact) mass is 401 g/mol. The standard InChI is InChI=1S/C14H12INO3S/c15-10-3-1-4-11(7-10)16-13(17)9-19-14(18)8-12-5-2-6-20-12/h1-7H,8-9H2,(H,16,17). The Bertz CT molecular complexity index is 598. The number of hydrogen-bond acceptors (Lipinski definition) is 4. The van der Waals surface area contributed by atoms with Gasteiger partial charge in [-0.25, -0.2) is 0 Å². The molecule has 20 heavy (non-hydrogen) atoms. The number of carbonyl (C=O) groups excluding carboxylic acids is 2. The van der Waals surface area contributed by atoms with Gasteiger partial charge in [-0.2, -0.15) is 0 Å². The van der Waals surface area contributed by atoms with Crippen LogP contribution in [0, 0.1) is 3.57 Å². The van der Waals surface area contributed by atoms with E-state index in [1.165, 1.54) is 11.3 Å². The second kappa shape index (κ2) is 7.39. The number of rotatable bonds is 5. The van der Waals surface area contributed by atoms with Crippen molar-refractivity contribution in [2.45, 2.75) is 6.42 Å². The Hall–Kier alpha value is -1.41. The number of nitrogens with one attached hydrogen (secondary N) is 1. The molecule has 1 aromatic heterocycles. The molecule has 1 N–H and O–H groups in total. The van der Waals surface area contributed by atoms with Crippen molar-refractivity contribution >= 4 is 51.5 Å². The fourth-order valence-corrected chi connectivity index (χ4v) is 2.75. The lowest BCUT2D eigenvalue weighted by Gasteiger charge is -2.06. The van der Waals surface area contributed by atoms with Gasteiger partial charge in [0.2, 0.25) is 0 Å². The molecule has 0 aliphatic rings. The minimum Gasteiger partial charge on any atom is -0.455 e. The minimum absolute atomic E-state index is 0.203. The van der Waals surface area contributed by atoms with E-state index in [0.29, 0.717) is 5.69 Å². The van der Waals surface area contributed by atoms with Crippen LogP contribution in [-0.4, -0.2) is 18.5 Å². The highest BCUT2D eigenvalue weighted by Gasteiger charge is 2.09. The number of ether oxygens (including phenoxy) is 1. The number of hydrogen-bond donors (Lipinski definition) is 1. The summed E-state index contributed by atoms with van der Waals surface area (Å²) in [7, 11) is 0. The molecule has 0 spiro atoms. The van der Waals surface area contributed by atoms with Gasteiger partial charge < -0.3 is 10.1 Å². The number of thiophene rings is 1. The second-order valence-corrected chi connectivity index (χ2v) is 6.25. The number of amides is 1. The summed E-state index contributed by atoms with van der Waals surface area (Å²) in [5.41, 5.74) is 0.691. The average Bonchev–Trinajstić information content (AvgIpc) is 2.89. The van der Waals surface area contributed by atoms with Crippen molar-refractivity contribution in [2.24, 2.45) is 0 Å². The van der Waals surface area contributed by atoms with Crippen LogP contribution in [0.1, 0.15) is 4.88 Å². The third kappa shape index (κ3) is 4.93. The van der Waals surface area contributed by atoms with Crippen molar-refractivity contribution in [3.63, 3.8) is 0 Å². The SMILES string of the molecule is O=C(COC(=O)Cc1cccs1)Nc1cccc(I)c1. The van der Waals surface area contributed by atoms with Crippen molar-refractivity contribution in [3.05, 3.63) is 50.2 Å². The Kier molecular flexibility index (Phi) is 5.54. The topological polar surface area (TPSA) is 55.4 Å². The highest BCUT2D eigenvalue weighted by molar-refractivity contribution is 14.1. The third-order valence-corrected chi connectivity index (χ3v) is 3.92. The highest BCUT2D eigenvalue weighted by atomic mass is 127. The summed E-state index contributed by atoms with van der Waals surface area (Å²) in [6.45, 7) is -0.268. The number of carbonyl (C=O) groups is 2. The maximum atomic E-state index is 11.6. The Morgan fingerprint density at radius 3 is 2.80 bits per heavy atom. The molecule has 1 heterocycles. The lowest BCUT2D eigenvalue weighted by Crippen LogP contribution is -2.21. The summed E-state index contributed by atoms with van der Waals surface area (Å²) < 4.78 is 5.96. The van der Waals surface area contributed by atoms with Gasteiger partial charge >= 0.3 is 5.97 Å². The average molecular weight is 401 g/mol. The first kappa shape index (κ1) is 15.0.